The van der Waals surface area contributed by atoms with Gasteiger partial charge in [-0.05, 0) is 19.9 Å². The van der Waals surface area contributed by atoms with E-state index < -0.39 is 9.84 Å². The Morgan fingerprint density at radius 3 is 2.38 bits per heavy atom. The number of hydrogen-bond acceptors (Lipinski definition) is 6. The van der Waals surface area contributed by atoms with Crippen molar-refractivity contribution < 1.29 is 8.42 Å². The molecule has 0 bridgehead atoms. The Morgan fingerprint density at radius 2 is 1.76 bits per heavy atom. The lowest BCUT2D eigenvalue weighted by molar-refractivity contribution is 0.586. The maximum atomic E-state index is 11.5. The van der Waals surface area contributed by atoms with Crippen molar-refractivity contribution in [2.24, 2.45) is 0 Å². The molecule has 0 amide bonds. The number of aromatic nitrogens is 4. The Balaban J connectivity index is 1.89. The third-order valence-corrected chi connectivity index (χ3v) is 5.11. The van der Waals surface area contributed by atoms with Crippen molar-refractivity contribution in [1.29, 1.82) is 0 Å². The van der Waals surface area contributed by atoms with Crippen molar-refractivity contribution >= 4 is 15.7 Å². The fraction of sp³-hybridized carbons (Fsp3) is 0.462. The molecule has 1 fully saturated rings. The van der Waals surface area contributed by atoms with E-state index >= 15 is 0 Å². The average molecular weight is 307 g/mol. The van der Waals surface area contributed by atoms with Crippen molar-refractivity contribution in [2.75, 3.05) is 29.5 Å². The first-order chi connectivity index (χ1) is 9.94. The molecule has 1 saturated heterocycles. The van der Waals surface area contributed by atoms with Crippen molar-refractivity contribution in [1.82, 2.24) is 19.7 Å². The molecule has 8 heteroatoms. The third kappa shape index (κ3) is 2.90. The number of aryl methyl sites for hydroxylation is 2. The standard InChI is InChI=1S/C13H17N5O2S/c1-10-7-11(2)18(16-10)13-9-14-8-12(15-13)17-3-5-21(19,20)6-4-17/h7-9H,3-6H2,1-2H3. The molecule has 0 saturated carbocycles. The molecule has 7 nitrogen and oxygen atoms in total. The maximum Gasteiger partial charge on any atom is 0.174 e. The fourth-order valence-corrected chi connectivity index (χ4v) is 3.60. The minimum atomic E-state index is -2.90. The highest BCUT2D eigenvalue weighted by Gasteiger charge is 2.23. The van der Waals surface area contributed by atoms with Crippen LogP contribution in [-0.4, -0.2) is 52.8 Å². The molecule has 0 unspecified atom stereocenters. The topological polar surface area (TPSA) is 81.0 Å². The van der Waals surface area contributed by atoms with Crippen LogP contribution in [0.2, 0.25) is 0 Å². The molecule has 1 aliphatic heterocycles. The second-order valence-electron chi connectivity index (χ2n) is 5.21. The van der Waals surface area contributed by atoms with Gasteiger partial charge in [0.1, 0.15) is 5.82 Å². The molecular formula is C13H17N5O2S. The van der Waals surface area contributed by atoms with Crippen LogP contribution in [0.4, 0.5) is 5.82 Å². The molecular weight excluding hydrogens is 290 g/mol. The van der Waals surface area contributed by atoms with Crippen molar-refractivity contribution in [3.63, 3.8) is 0 Å². The van der Waals surface area contributed by atoms with Crippen LogP contribution in [0.15, 0.2) is 18.5 Å². The van der Waals surface area contributed by atoms with Gasteiger partial charge in [-0.25, -0.2) is 18.1 Å². The summed E-state index contributed by atoms with van der Waals surface area (Å²) in [5.41, 5.74) is 1.91. The molecule has 0 aromatic carbocycles. The lowest BCUT2D eigenvalue weighted by atomic mass is 10.4. The summed E-state index contributed by atoms with van der Waals surface area (Å²) in [6.45, 7) is 4.80. The fourth-order valence-electron chi connectivity index (χ4n) is 2.40. The Kier molecular flexibility index (Phi) is 3.40. The predicted octanol–water partition coefficient (Wildman–Crippen LogP) is 0.514. The third-order valence-electron chi connectivity index (χ3n) is 3.50. The van der Waals surface area contributed by atoms with E-state index in [1.165, 1.54) is 0 Å². The summed E-state index contributed by atoms with van der Waals surface area (Å²) in [5, 5.41) is 4.39. The molecule has 3 rings (SSSR count). The van der Waals surface area contributed by atoms with Gasteiger partial charge in [-0.2, -0.15) is 5.10 Å². The van der Waals surface area contributed by atoms with Crippen molar-refractivity contribution in [3.05, 3.63) is 29.8 Å². The van der Waals surface area contributed by atoms with Gasteiger partial charge in [0.2, 0.25) is 0 Å². The second kappa shape index (κ2) is 5.10. The lowest BCUT2D eigenvalue weighted by Crippen LogP contribution is -2.40. The maximum absolute atomic E-state index is 11.5. The van der Waals surface area contributed by atoms with Gasteiger partial charge in [-0.15, -0.1) is 0 Å². The first-order valence-electron chi connectivity index (χ1n) is 6.76. The molecule has 0 spiro atoms. The average Bonchev–Trinajstić information content (AvgIpc) is 2.78. The summed E-state index contributed by atoms with van der Waals surface area (Å²) >= 11 is 0. The first-order valence-corrected chi connectivity index (χ1v) is 8.58. The van der Waals surface area contributed by atoms with Gasteiger partial charge in [0.05, 0.1) is 29.6 Å². The molecule has 112 valence electrons. The van der Waals surface area contributed by atoms with E-state index in [2.05, 4.69) is 15.1 Å². The number of hydrogen-bond donors (Lipinski definition) is 0. The molecule has 21 heavy (non-hydrogen) atoms. The van der Waals surface area contributed by atoms with Crippen molar-refractivity contribution in [2.45, 2.75) is 13.8 Å². The van der Waals surface area contributed by atoms with Crippen LogP contribution in [-0.2, 0) is 9.84 Å². The summed E-state index contributed by atoms with van der Waals surface area (Å²) in [4.78, 5) is 10.7. The van der Waals surface area contributed by atoms with Crippen LogP contribution >= 0.6 is 0 Å². The zero-order valence-electron chi connectivity index (χ0n) is 12.0. The van der Waals surface area contributed by atoms with Gasteiger partial charge in [0, 0.05) is 18.8 Å². The van der Waals surface area contributed by atoms with Gasteiger partial charge < -0.3 is 4.90 Å². The van der Waals surface area contributed by atoms with E-state index in [9.17, 15) is 8.42 Å². The van der Waals surface area contributed by atoms with E-state index in [-0.39, 0.29) is 11.5 Å². The number of nitrogens with zero attached hydrogens (tertiary/aromatic N) is 5. The highest BCUT2D eigenvalue weighted by Crippen LogP contribution is 2.16. The highest BCUT2D eigenvalue weighted by atomic mass is 32.2. The van der Waals surface area contributed by atoms with E-state index in [4.69, 9.17) is 0 Å². The number of rotatable bonds is 2. The Morgan fingerprint density at radius 1 is 1.10 bits per heavy atom. The highest BCUT2D eigenvalue weighted by molar-refractivity contribution is 7.91. The summed E-state index contributed by atoms with van der Waals surface area (Å²) in [7, 11) is -2.90. The van der Waals surface area contributed by atoms with Crippen LogP contribution < -0.4 is 4.90 Å². The quantitative estimate of drug-likeness (QED) is 0.804. The molecule has 2 aromatic heterocycles. The molecule has 2 aromatic rings. The monoisotopic (exact) mass is 307 g/mol. The van der Waals surface area contributed by atoms with Gasteiger partial charge in [-0.1, -0.05) is 0 Å². The lowest BCUT2D eigenvalue weighted by Gasteiger charge is -2.27. The molecule has 0 N–H and O–H groups in total. The Labute approximate surface area is 123 Å². The Hall–Kier alpha value is -1.96. The van der Waals surface area contributed by atoms with Crippen molar-refractivity contribution in [3.8, 4) is 5.82 Å². The summed E-state index contributed by atoms with van der Waals surface area (Å²) < 4.78 is 24.7. The van der Waals surface area contributed by atoms with Crippen LogP contribution in [0.1, 0.15) is 11.4 Å². The van der Waals surface area contributed by atoms with Crippen LogP contribution in [0.5, 0.6) is 0 Å². The summed E-state index contributed by atoms with van der Waals surface area (Å²) in [6.07, 6.45) is 3.32. The SMILES string of the molecule is Cc1cc(C)n(-c2cncc(N3CCS(=O)(=O)CC3)n2)n1. The van der Waals surface area contributed by atoms with E-state index in [1.54, 1.807) is 17.1 Å². The molecule has 3 heterocycles. The van der Waals surface area contributed by atoms with Crippen LogP contribution in [0.25, 0.3) is 5.82 Å². The minimum Gasteiger partial charge on any atom is -0.353 e. The zero-order valence-corrected chi connectivity index (χ0v) is 12.8. The van der Waals surface area contributed by atoms with Gasteiger partial charge in [-0.3, -0.25) is 4.98 Å². The summed E-state index contributed by atoms with van der Waals surface area (Å²) in [5.74, 6) is 1.67. The van der Waals surface area contributed by atoms with E-state index in [0.717, 1.165) is 11.4 Å². The smallest absolute Gasteiger partial charge is 0.174 e. The first kappa shape index (κ1) is 14.0. The minimum absolute atomic E-state index is 0.165. The van der Waals surface area contributed by atoms with E-state index in [1.807, 2.05) is 24.8 Å². The van der Waals surface area contributed by atoms with Crippen LogP contribution in [0.3, 0.4) is 0 Å². The number of sulfone groups is 1. The van der Waals surface area contributed by atoms with E-state index in [0.29, 0.717) is 24.7 Å². The normalized spacial score (nSPS) is 17.9. The molecule has 0 aliphatic carbocycles. The van der Waals surface area contributed by atoms with Crippen LogP contribution in [0, 0.1) is 13.8 Å². The van der Waals surface area contributed by atoms with Gasteiger partial charge in [0.25, 0.3) is 0 Å². The predicted molar refractivity (Wildman–Crippen MR) is 79.5 cm³/mol. The van der Waals surface area contributed by atoms with Gasteiger partial charge in [0.15, 0.2) is 15.7 Å². The Bertz CT molecular complexity index is 755. The van der Waals surface area contributed by atoms with Gasteiger partial charge >= 0.3 is 0 Å². The largest absolute Gasteiger partial charge is 0.353 e. The molecule has 0 atom stereocenters. The molecule has 1 aliphatic rings. The summed E-state index contributed by atoms with van der Waals surface area (Å²) in [6, 6.07) is 1.97. The zero-order chi connectivity index (χ0) is 15.0. The molecule has 0 radical (unpaired) electrons. The number of anilines is 1. The second-order valence-corrected chi connectivity index (χ2v) is 7.52.